The fourth-order valence-corrected chi connectivity index (χ4v) is 1.70. The van der Waals surface area contributed by atoms with Gasteiger partial charge in [0.25, 0.3) is 0 Å². The highest BCUT2D eigenvalue weighted by molar-refractivity contribution is 5.82. The van der Waals surface area contributed by atoms with Crippen molar-refractivity contribution < 1.29 is 5.21 Å². The second kappa shape index (κ2) is 6.13. The molecular weight excluding hydrogens is 214 g/mol. The molecule has 1 aromatic carbocycles. The first-order valence-electron chi connectivity index (χ1n) is 5.87. The van der Waals surface area contributed by atoms with E-state index in [1.165, 1.54) is 5.56 Å². The smallest absolute Gasteiger partial charge is 0.143 e. The Balaban J connectivity index is 2.75. The molecule has 3 N–H and O–H groups in total. The average Bonchev–Trinajstić information content (AvgIpc) is 2.35. The Labute approximate surface area is 103 Å². The highest BCUT2D eigenvalue weighted by atomic mass is 16.4. The number of oxime groups is 1. The number of nitrogens with zero attached hydrogens (tertiary/aromatic N) is 2. The van der Waals surface area contributed by atoms with Gasteiger partial charge in [0.15, 0.2) is 0 Å². The average molecular weight is 235 g/mol. The van der Waals surface area contributed by atoms with Gasteiger partial charge in [0.2, 0.25) is 0 Å². The molecule has 0 saturated heterocycles. The molecule has 1 rings (SSSR count). The largest absolute Gasteiger partial charge is 0.409 e. The van der Waals surface area contributed by atoms with E-state index < -0.39 is 0 Å². The molecule has 0 aliphatic carbocycles. The fourth-order valence-electron chi connectivity index (χ4n) is 1.70. The number of amidine groups is 1. The van der Waals surface area contributed by atoms with Gasteiger partial charge in [0.1, 0.15) is 5.84 Å². The lowest BCUT2D eigenvalue weighted by Crippen LogP contribution is -2.34. The van der Waals surface area contributed by atoms with Gasteiger partial charge in [-0.2, -0.15) is 0 Å². The summed E-state index contributed by atoms with van der Waals surface area (Å²) in [6, 6.07) is 8.37. The maximum atomic E-state index is 8.64. The summed E-state index contributed by atoms with van der Waals surface area (Å²) < 4.78 is 0. The van der Waals surface area contributed by atoms with Crippen LogP contribution in [0.4, 0.5) is 5.69 Å². The lowest BCUT2D eigenvalue weighted by molar-refractivity contribution is 0.314. The standard InChI is InChI=1S/C13H21N3O/c1-4-16(9-11(3)13(14)15-17)12-7-5-10(2)6-8-12/h5-8,11,17H,4,9H2,1-3H3,(H2,14,15). The summed E-state index contributed by atoms with van der Waals surface area (Å²) in [7, 11) is 0. The van der Waals surface area contributed by atoms with Crippen molar-refractivity contribution in [2.45, 2.75) is 20.8 Å². The quantitative estimate of drug-likeness (QED) is 0.356. The van der Waals surface area contributed by atoms with E-state index in [1.807, 2.05) is 6.92 Å². The molecule has 0 amide bonds. The maximum Gasteiger partial charge on any atom is 0.143 e. The molecule has 17 heavy (non-hydrogen) atoms. The molecular formula is C13H21N3O. The van der Waals surface area contributed by atoms with E-state index in [9.17, 15) is 0 Å². The highest BCUT2D eigenvalue weighted by Crippen LogP contribution is 2.16. The third-order valence-corrected chi connectivity index (χ3v) is 2.90. The number of hydrogen-bond acceptors (Lipinski definition) is 3. The van der Waals surface area contributed by atoms with E-state index in [0.717, 1.165) is 18.8 Å². The van der Waals surface area contributed by atoms with Gasteiger partial charge < -0.3 is 15.8 Å². The zero-order valence-corrected chi connectivity index (χ0v) is 10.7. The summed E-state index contributed by atoms with van der Waals surface area (Å²) in [6.07, 6.45) is 0. The van der Waals surface area contributed by atoms with Crippen molar-refractivity contribution in [2.75, 3.05) is 18.0 Å². The third kappa shape index (κ3) is 3.66. The van der Waals surface area contributed by atoms with Gasteiger partial charge in [-0.1, -0.05) is 29.8 Å². The van der Waals surface area contributed by atoms with E-state index in [0.29, 0.717) is 0 Å². The van der Waals surface area contributed by atoms with Gasteiger partial charge in [-0.25, -0.2) is 0 Å². The van der Waals surface area contributed by atoms with Crippen molar-refractivity contribution in [3.05, 3.63) is 29.8 Å². The molecule has 94 valence electrons. The maximum absolute atomic E-state index is 8.64. The SMILES string of the molecule is CCN(CC(C)C(N)=NO)c1ccc(C)cc1. The zero-order chi connectivity index (χ0) is 12.8. The number of nitrogens with two attached hydrogens (primary N) is 1. The van der Waals surface area contributed by atoms with Crippen molar-refractivity contribution in [3.63, 3.8) is 0 Å². The topological polar surface area (TPSA) is 61.8 Å². The summed E-state index contributed by atoms with van der Waals surface area (Å²) >= 11 is 0. The summed E-state index contributed by atoms with van der Waals surface area (Å²) in [5.41, 5.74) is 8.00. The summed E-state index contributed by atoms with van der Waals surface area (Å²) in [4.78, 5) is 2.21. The molecule has 1 unspecified atom stereocenters. The van der Waals surface area contributed by atoms with Gasteiger partial charge in [0, 0.05) is 24.7 Å². The minimum absolute atomic E-state index is 0.0289. The molecule has 1 aromatic rings. The monoisotopic (exact) mass is 235 g/mol. The predicted molar refractivity (Wildman–Crippen MR) is 71.6 cm³/mol. The Morgan fingerprint density at radius 3 is 2.47 bits per heavy atom. The van der Waals surface area contributed by atoms with Crippen LogP contribution in [-0.4, -0.2) is 24.1 Å². The van der Waals surface area contributed by atoms with E-state index in [4.69, 9.17) is 10.9 Å². The van der Waals surface area contributed by atoms with Crippen LogP contribution in [0.2, 0.25) is 0 Å². The first-order chi connectivity index (χ1) is 8.08. The van der Waals surface area contributed by atoms with Crippen LogP contribution in [0.25, 0.3) is 0 Å². The molecule has 1 atom stereocenters. The summed E-state index contributed by atoms with van der Waals surface area (Å²) in [5.74, 6) is 0.303. The van der Waals surface area contributed by atoms with E-state index in [2.05, 4.69) is 48.2 Å². The molecule has 4 nitrogen and oxygen atoms in total. The zero-order valence-electron chi connectivity index (χ0n) is 10.7. The minimum Gasteiger partial charge on any atom is -0.409 e. The van der Waals surface area contributed by atoms with Crippen LogP contribution in [0.1, 0.15) is 19.4 Å². The number of rotatable bonds is 5. The molecule has 0 aliphatic rings. The van der Waals surface area contributed by atoms with Crippen molar-refractivity contribution in [1.82, 2.24) is 0 Å². The lowest BCUT2D eigenvalue weighted by Gasteiger charge is -2.26. The first kappa shape index (κ1) is 13.4. The van der Waals surface area contributed by atoms with E-state index in [1.54, 1.807) is 0 Å². The molecule has 0 aliphatic heterocycles. The molecule has 0 saturated carbocycles. The van der Waals surface area contributed by atoms with Crippen molar-refractivity contribution in [1.29, 1.82) is 0 Å². The van der Waals surface area contributed by atoms with Crippen molar-refractivity contribution in [2.24, 2.45) is 16.8 Å². The Hall–Kier alpha value is -1.71. The van der Waals surface area contributed by atoms with Gasteiger partial charge >= 0.3 is 0 Å². The number of hydrogen-bond donors (Lipinski definition) is 2. The summed E-state index contributed by atoms with van der Waals surface area (Å²) in [6.45, 7) is 7.76. The number of aryl methyl sites for hydroxylation is 1. The van der Waals surface area contributed by atoms with Crippen LogP contribution in [-0.2, 0) is 0 Å². The van der Waals surface area contributed by atoms with Crippen LogP contribution < -0.4 is 10.6 Å². The molecule has 0 spiro atoms. The van der Waals surface area contributed by atoms with Gasteiger partial charge in [-0.15, -0.1) is 0 Å². The number of anilines is 1. The second-order valence-corrected chi connectivity index (χ2v) is 4.30. The van der Waals surface area contributed by atoms with Gasteiger partial charge in [0.05, 0.1) is 0 Å². The van der Waals surface area contributed by atoms with Crippen LogP contribution >= 0.6 is 0 Å². The molecule has 0 bridgehead atoms. The van der Waals surface area contributed by atoms with E-state index >= 15 is 0 Å². The van der Waals surface area contributed by atoms with E-state index in [-0.39, 0.29) is 11.8 Å². The van der Waals surface area contributed by atoms with Crippen molar-refractivity contribution in [3.8, 4) is 0 Å². The van der Waals surface area contributed by atoms with Crippen LogP contribution in [0.15, 0.2) is 29.4 Å². The molecule has 0 aromatic heterocycles. The molecule has 0 radical (unpaired) electrons. The lowest BCUT2D eigenvalue weighted by atomic mass is 10.1. The molecule has 0 fully saturated rings. The van der Waals surface area contributed by atoms with Crippen LogP contribution in [0, 0.1) is 12.8 Å². The Kier molecular flexibility index (Phi) is 4.82. The van der Waals surface area contributed by atoms with Gasteiger partial charge in [-0.3, -0.25) is 0 Å². The predicted octanol–water partition coefficient (Wildman–Crippen LogP) is 2.20. The van der Waals surface area contributed by atoms with Crippen LogP contribution in [0.5, 0.6) is 0 Å². The minimum atomic E-state index is 0.0289. The van der Waals surface area contributed by atoms with Crippen molar-refractivity contribution >= 4 is 11.5 Å². The Bertz CT molecular complexity index is 373. The first-order valence-corrected chi connectivity index (χ1v) is 5.87. The summed E-state index contributed by atoms with van der Waals surface area (Å²) in [5, 5.41) is 11.7. The molecule has 0 heterocycles. The van der Waals surface area contributed by atoms with Crippen LogP contribution in [0.3, 0.4) is 0 Å². The number of benzene rings is 1. The second-order valence-electron chi connectivity index (χ2n) is 4.30. The fraction of sp³-hybridized carbons (Fsp3) is 0.462. The Morgan fingerprint density at radius 2 is 2.00 bits per heavy atom. The third-order valence-electron chi connectivity index (χ3n) is 2.90. The Morgan fingerprint density at radius 1 is 1.41 bits per heavy atom. The normalized spacial score (nSPS) is 13.5. The molecule has 4 heteroatoms. The highest BCUT2D eigenvalue weighted by Gasteiger charge is 2.12. The van der Waals surface area contributed by atoms with Gasteiger partial charge in [-0.05, 0) is 26.0 Å².